The predicted octanol–water partition coefficient (Wildman–Crippen LogP) is 2.32. The first-order valence-corrected chi connectivity index (χ1v) is 9.89. The first kappa shape index (κ1) is 20.4. The van der Waals surface area contributed by atoms with Gasteiger partial charge in [0.2, 0.25) is 5.56 Å². The zero-order valence-corrected chi connectivity index (χ0v) is 16.3. The monoisotopic (exact) mass is 424 g/mol. The molecule has 1 fully saturated rings. The van der Waals surface area contributed by atoms with E-state index in [-0.39, 0.29) is 30.6 Å². The number of hydrogen-bond acceptors (Lipinski definition) is 4. The molecule has 0 unspecified atom stereocenters. The van der Waals surface area contributed by atoms with Gasteiger partial charge in [0, 0.05) is 35.8 Å². The van der Waals surface area contributed by atoms with Gasteiger partial charge in [0.05, 0.1) is 0 Å². The average Bonchev–Trinajstić information content (AvgIpc) is 3.43. The second kappa shape index (κ2) is 7.59. The van der Waals surface area contributed by atoms with E-state index in [4.69, 9.17) is 5.14 Å². The maximum absolute atomic E-state index is 14.8. The highest BCUT2D eigenvalue weighted by Gasteiger charge is 2.35. The van der Waals surface area contributed by atoms with Gasteiger partial charge in [-0.3, -0.25) is 4.79 Å². The van der Waals surface area contributed by atoms with Gasteiger partial charge in [-0.05, 0) is 42.2 Å². The summed E-state index contributed by atoms with van der Waals surface area (Å²) in [7, 11) is -3.84. The minimum absolute atomic E-state index is 0. The SMILES string of the molecule is Cl.NS(=O)(=O)N(Cc1ccc(-c2ccnc3[nH]c(=O)ccc23)c(F)c1)C1CC1. The van der Waals surface area contributed by atoms with Crippen LogP contribution >= 0.6 is 12.4 Å². The lowest BCUT2D eigenvalue weighted by Crippen LogP contribution is -2.37. The number of halogens is 2. The zero-order valence-electron chi connectivity index (χ0n) is 14.6. The molecule has 2 heterocycles. The molecule has 1 saturated carbocycles. The van der Waals surface area contributed by atoms with Gasteiger partial charge in [0.1, 0.15) is 11.5 Å². The van der Waals surface area contributed by atoms with Crippen molar-refractivity contribution in [3.8, 4) is 11.1 Å². The summed E-state index contributed by atoms with van der Waals surface area (Å²) >= 11 is 0. The Labute approximate surface area is 167 Å². The highest BCUT2D eigenvalue weighted by molar-refractivity contribution is 7.86. The molecular weight excluding hydrogens is 407 g/mol. The Morgan fingerprint density at radius 1 is 1.18 bits per heavy atom. The quantitative estimate of drug-likeness (QED) is 0.654. The first-order chi connectivity index (χ1) is 12.8. The van der Waals surface area contributed by atoms with E-state index in [2.05, 4.69) is 9.97 Å². The van der Waals surface area contributed by atoms with Crippen LogP contribution in [0.2, 0.25) is 0 Å². The van der Waals surface area contributed by atoms with Crippen molar-refractivity contribution in [1.82, 2.24) is 14.3 Å². The molecule has 0 aliphatic heterocycles. The number of nitrogens with one attached hydrogen (secondary N) is 1. The van der Waals surface area contributed by atoms with Gasteiger partial charge >= 0.3 is 0 Å². The third kappa shape index (κ3) is 4.07. The van der Waals surface area contributed by atoms with Crippen molar-refractivity contribution >= 4 is 33.6 Å². The maximum atomic E-state index is 14.8. The summed E-state index contributed by atoms with van der Waals surface area (Å²) in [5, 5.41) is 5.89. The lowest BCUT2D eigenvalue weighted by Gasteiger charge is -2.19. The van der Waals surface area contributed by atoms with Crippen LogP contribution in [0.15, 0.2) is 47.4 Å². The summed E-state index contributed by atoms with van der Waals surface area (Å²) in [4.78, 5) is 18.2. The molecule has 7 nitrogen and oxygen atoms in total. The zero-order chi connectivity index (χ0) is 19.2. The van der Waals surface area contributed by atoms with Crippen LogP contribution in [0.1, 0.15) is 18.4 Å². The van der Waals surface area contributed by atoms with Crippen molar-refractivity contribution in [2.45, 2.75) is 25.4 Å². The summed E-state index contributed by atoms with van der Waals surface area (Å²) in [6.07, 6.45) is 3.02. The van der Waals surface area contributed by atoms with E-state index in [1.54, 1.807) is 24.3 Å². The number of hydrogen-bond donors (Lipinski definition) is 2. The van der Waals surface area contributed by atoms with Crippen LogP contribution in [0.25, 0.3) is 22.2 Å². The van der Waals surface area contributed by atoms with E-state index >= 15 is 0 Å². The van der Waals surface area contributed by atoms with Gasteiger partial charge in [-0.2, -0.15) is 12.7 Å². The smallest absolute Gasteiger partial charge is 0.277 e. The van der Waals surface area contributed by atoms with Crippen molar-refractivity contribution in [3.05, 3.63) is 64.3 Å². The van der Waals surface area contributed by atoms with E-state index in [0.29, 0.717) is 27.7 Å². The minimum Gasteiger partial charge on any atom is -0.307 e. The molecule has 0 spiro atoms. The molecule has 1 aromatic carbocycles. The largest absolute Gasteiger partial charge is 0.307 e. The number of pyridine rings is 2. The van der Waals surface area contributed by atoms with Crippen molar-refractivity contribution in [2.24, 2.45) is 5.14 Å². The standard InChI is InChI=1S/C18H17FN4O3S.ClH/c19-16-9-11(10-23(12-2-3-12)27(20,25)26)1-4-14(16)13-7-8-21-18-15(13)5-6-17(24)22-18;/h1,4-9,12H,2-3,10H2,(H2,20,25,26)(H,21,22,24);1H. The molecule has 10 heteroatoms. The Bertz CT molecular complexity index is 1190. The number of nitrogens with two attached hydrogens (primary N) is 1. The Hall–Kier alpha value is -2.33. The first-order valence-electron chi connectivity index (χ1n) is 8.39. The van der Waals surface area contributed by atoms with Crippen LogP contribution in [0, 0.1) is 5.82 Å². The summed E-state index contributed by atoms with van der Waals surface area (Å²) in [5.74, 6) is -0.489. The molecule has 0 radical (unpaired) electrons. The van der Waals surface area contributed by atoms with Gasteiger partial charge < -0.3 is 4.98 Å². The molecule has 28 heavy (non-hydrogen) atoms. The number of fused-ring (bicyclic) bond motifs is 1. The van der Waals surface area contributed by atoms with E-state index < -0.39 is 16.0 Å². The normalized spacial score (nSPS) is 14.2. The summed E-state index contributed by atoms with van der Waals surface area (Å²) < 4.78 is 39.5. The molecule has 148 valence electrons. The lowest BCUT2D eigenvalue weighted by atomic mass is 10.0. The number of benzene rings is 1. The number of nitrogens with zero attached hydrogens (tertiary/aromatic N) is 2. The highest BCUT2D eigenvalue weighted by Crippen LogP contribution is 2.32. The Kier molecular flexibility index (Phi) is 5.53. The van der Waals surface area contributed by atoms with Crippen LogP contribution < -0.4 is 10.7 Å². The third-order valence-electron chi connectivity index (χ3n) is 4.58. The predicted molar refractivity (Wildman–Crippen MR) is 107 cm³/mol. The van der Waals surface area contributed by atoms with Gasteiger partial charge in [-0.15, -0.1) is 12.4 Å². The van der Waals surface area contributed by atoms with Crippen LogP contribution in [-0.2, 0) is 16.8 Å². The topological polar surface area (TPSA) is 109 Å². The van der Waals surface area contributed by atoms with Crippen LogP contribution in [0.5, 0.6) is 0 Å². The highest BCUT2D eigenvalue weighted by atomic mass is 35.5. The third-order valence-corrected chi connectivity index (χ3v) is 5.66. The Morgan fingerprint density at radius 2 is 1.93 bits per heavy atom. The van der Waals surface area contributed by atoms with Crippen molar-refractivity contribution in [3.63, 3.8) is 0 Å². The van der Waals surface area contributed by atoms with E-state index in [0.717, 1.165) is 12.8 Å². The Morgan fingerprint density at radius 3 is 2.57 bits per heavy atom. The molecule has 0 saturated heterocycles. The molecule has 1 aliphatic rings. The van der Waals surface area contributed by atoms with Crippen molar-refractivity contribution in [1.29, 1.82) is 0 Å². The van der Waals surface area contributed by atoms with Gasteiger partial charge in [0.15, 0.2) is 0 Å². The fraction of sp³-hybridized carbons (Fsp3) is 0.222. The average molecular weight is 425 g/mol. The van der Waals surface area contributed by atoms with Gasteiger partial charge in [0.25, 0.3) is 10.2 Å². The van der Waals surface area contributed by atoms with E-state index in [9.17, 15) is 17.6 Å². The number of H-pyrrole nitrogens is 1. The molecule has 3 aromatic rings. The maximum Gasteiger partial charge on any atom is 0.277 e. The van der Waals surface area contributed by atoms with Crippen LogP contribution in [-0.4, -0.2) is 28.7 Å². The Balaban J connectivity index is 0.00000225. The molecule has 3 N–H and O–H groups in total. The molecule has 2 aromatic heterocycles. The molecular formula is C18H18ClFN4O3S. The van der Waals surface area contributed by atoms with Crippen molar-refractivity contribution < 1.29 is 12.8 Å². The molecule has 0 atom stereocenters. The van der Waals surface area contributed by atoms with E-state index in [1.165, 1.54) is 22.6 Å². The molecule has 4 rings (SSSR count). The number of aromatic nitrogens is 2. The number of aromatic amines is 1. The number of rotatable bonds is 5. The van der Waals surface area contributed by atoms with Crippen LogP contribution in [0.3, 0.4) is 0 Å². The van der Waals surface area contributed by atoms with Gasteiger partial charge in [-0.25, -0.2) is 14.5 Å². The summed E-state index contributed by atoms with van der Waals surface area (Å²) in [6, 6.07) is 9.10. The molecule has 0 bridgehead atoms. The fourth-order valence-electron chi connectivity index (χ4n) is 3.14. The second-order valence-electron chi connectivity index (χ2n) is 6.58. The minimum atomic E-state index is -3.84. The fourth-order valence-corrected chi connectivity index (χ4v) is 4.09. The van der Waals surface area contributed by atoms with E-state index in [1.807, 2.05) is 0 Å². The molecule has 1 aliphatic carbocycles. The second-order valence-corrected chi connectivity index (χ2v) is 8.08. The molecule has 0 amide bonds. The summed E-state index contributed by atoms with van der Waals surface area (Å²) in [5.41, 5.74) is 1.53. The van der Waals surface area contributed by atoms with Crippen molar-refractivity contribution in [2.75, 3.05) is 0 Å². The van der Waals surface area contributed by atoms with Gasteiger partial charge in [-0.1, -0.05) is 12.1 Å². The summed E-state index contributed by atoms with van der Waals surface area (Å²) in [6.45, 7) is 0.0328. The lowest BCUT2D eigenvalue weighted by molar-refractivity contribution is 0.398. The van der Waals surface area contributed by atoms with Crippen LogP contribution in [0.4, 0.5) is 4.39 Å².